The Morgan fingerprint density at radius 1 is 1.62 bits per heavy atom. The second-order valence-corrected chi connectivity index (χ2v) is 4.75. The molecule has 0 saturated carbocycles. The van der Waals surface area contributed by atoms with Gasteiger partial charge in [0.05, 0.1) is 12.2 Å². The van der Waals surface area contributed by atoms with Crippen molar-refractivity contribution < 1.29 is 4.74 Å². The van der Waals surface area contributed by atoms with Crippen LogP contribution in [0.25, 0.3) is 0 Å². The molecule has 0 bridgehead atoms. The van der Waals surface area contributed by atoms with Crippen molar-refractivity contribution in [3.63, 3.8) is 0 Å². The molecule has 2 atom stereocenters. The Kier molecular flexibility index (Phi) is 5.20. The number of methoxy groups -OCH3 is 1. The lowest BCUT2D eigenvalue weighted by Crippen LogP contribution is -2.50. The molecule has 4 nitrogen and oxygen atoms in total. The summed E-state index contributed by atoms with van der Waals surface area (Å²) in [6.45, 7) is 7.74. The summed E-state index contributed by atoms with van der Waals surface area (Å²) in [5.74, 6) is 0. The normalized spacial score (nSPS) is 25.2. The lowest BCUT2D eigenvalue weighted by atomic mass is 10.0. The van der Waals surface area contributed by atoms with Gasteiger partial charge in [-0.1, -0.05) is 6.92 Å². The maximum Gasteiger partial charge on any atom is 0.116 e. The first-order valence-corrected chi connectivity index (χ1v) is 6.05. The predicted octanol–water partition coefficient (Wildman–Crippen LogP) is 0.989. The van der Waals surface area contributed by atoms with Gasteiger partial charge in [0.1, 0.15) is 5.54 Å². The summed E-state index contributed by atoms with van der Waals surface area (Å²) in [5, 5.41) is 12.5. The second-order valence-electron chi connectivity index (χ2n) is 4.75. The lowest BCUT2D eigenvalue weighted by Gasteiger charge is -2.28. The molecule has 4 heteroatoms. The van der Waals surface area contributed by atoms with Crippen molar-refractivity contribution in [2.45, 2.75) is 38.3 Å². The Morgan fingerprint density at radius 2 is 2.38 bits per heavy atom. The number of hydrogen-bond acceptors (Lipinski definition) is 4. The first-order chi connectivity index (χ1) is 7.63. The average Bonchev–Trinajstić information content (AvgIpc) is 2.74. The number of rotatable bonds is 6. The fraction of sp³-hybridized carbons (Fsp3) is 0.917. The maximum atomic E-state index is 9.22. The first kappa shape index (κ1) is 13.4. The Bertz CT molecular complexity index is 251. The molecule has 2 unspecified atom stereocenters. The average molecular weight is 225 g/mol. The summed E-state index contributed by atoms with van der Waals surface area (Å²) in [4.78, 5) is 2.31. The number of likely N-dealkylation sites (tertiary alicyclic amines) is 1. The van der Waals surface area contributed by atoms with Crippen LogP contribution in [0, 0.1) is 11.3 Å². The van der Waals surface area contributed by atoms with Gasteiger partial charge < -0.3 is 4.74 Å². The highest BCUT2D eigenvalue weighted by Crippen LogP contribution is 2.15. The first-order valence-electron chi connectivity index (χ1n) is 6.05. The van der Waals surface area contributed by atoms with Gasteiger partial charge in [-0.3, -0.25) is 10.2 Å². The van der Waals surface area contributed by atoms with Crippen molar-refractivity contribution in [3.8, 4) is 6.07 Å². The smallest absolute Gasteiger partial charge is 0.116 e. The van der Waals surface area contributed by atoms with Gasteiger partial charge in [-0.25, -0.2) is 0 Å². The largest absolute Gasteiger partial charge is 0.380 e. The van der Waals surface area contributed by atoms with E-state index in [1.807, 2.05) is 6.92 Å². The molecule has 1 N–H and O–H groups in total. The minimum Gasteiger partial charge on any atom is -0.380 e. The third kappa shape index (κ3) is 3.75. The predicted molar refractivity (Wildman–Crippen MR) is 64.2 cm³/mol. The molecule has 0 amide bonds. The second kappa shape index (κ2) is 6.19. The van der Waals surface area contributed by atoms with Crippen LogP contribution in [0.15, 0.2) is 0 Å². The molecule has 1 aliphatic heterocycles. The number of nitrogens with one attached hydrogen (secondary N) is 1. The van der Waals surface area contributed by atoms with E-state index in [-0.39, 0.29) is 0 Å². The van der Waals surface area contributed by atoms with Gasteiger partial charge in [0, 0.05) is 26.7 Å². The van der Waals surface area contributed by atoms with Crippen LogP contribution in [0.1, 0.15) is 26.7 Å². The molecule has 0 aliphatic carbocycles. The van der Waals surface area contributed by atoms with Gasteiger partial charge in [-0.2, -0.15) is 5.26 Å². The van der Waals surface area contributed by atoms with Crippen molar-refractivity contribution in [1.82, 2.24) is 10.2 Å². The van der Waals surface area contributed by atoms with E-state index in [1.54, 1.807) is 7.11 Å². The molecule has 1 heterocycles. The zero-order valence-corrected chi connectivity index (χ0v) is 10.6. The molecule has 92 valence electrons. The van der Waals surface area contributed by atoms with Crippen molar-refractivity contribution >= 4 is 0 Å². The van der Waals surface area contributed by atoms with E-state index in [4.69, 9.17) is 4.74 Å². The van der Waals surface area contributed by atoms with Crippen molar-refractivity contribution in [2.24, 2.45) is 0 Å². The van der Waals surface area contributed by atoms with Crippen molar-refractivity contribution in [2.75, 3.05) is 33.3 Å². The Morgan fingerprint density at radius 3 is 2.88 bits per heavy atom. The minimum atomic E-state index is -0.432. The van der Waals surface area contributed by atoms with Gasteiger partial charge in [-0.05, 0) is 26.3 Å². The highest BCUT2D eigenvalue weighted by molar-refractivity contribution is 5.06. The third-order valence-corrected chi connectivity index (χ3v) is 3.11. The third-order valence-electron chi connectivity index (χ3n) is 3.11. The fourth-order valence-corrected chi connectivity index (χ4v) is 2.11. The molecular weight excluding hydrogens is 202 g/mol. The van der Waals surface area contributed by atoms with Crippen LogP contribution >= 0.6 is 0 Å². The molecule has 0 radical (unpaired) electrons. The van der Waals surface area contributed by atoms with E-state index in [2.05, 4.69) is 23.2 Å². The van der Waals surface area contributed by atoms with E-state index in [9.17, 15) is 5.26 Å². The van der Waals surface area contributed by atoms with Crippen LogP contribution in [0.4, 0.5) is 0 Å². The van der Waals surface area contributed by atoms with Crippen LogP contribution in [0.2, 0.25) is 0 Å². The van der Waals surface area contributed by atoms with Crippen LogP contribution in [0.3, 0.4) is 0 Å². The van der Waals surface area contributed by atoms with E-state index in [0.29, 0.717) is 6.10 Å². The van der Waals surface area contributed by atoms with Crippen molar-refractivity contribution in [3.05, 3.63) is 0 Å². The molecule has 0 aromatic heterocycles. The SMILES string of the molecule is CCCNC(C)(C#N)CN1CCC(OC)C1. The number of nitrogens with zero attached hydrogens (tertiary/aromatic N) is 2. The van der Waals surface area contributed by atoms with Crippen LogP contribution in [-0.2, 0) is 4.74 Å². The molecule has 1 aliphatic rings. The van der Waals surface area contributed by atoms with Gasteiger partial charge in [0.15, 0.2) is 0 Å². The van der Waals surface area contributed by atoms with E-state index in [0.717, 1.165) is 39.0 Å². The summed E-state index contributed by atoms with van der Waals surface area (Å²) >= 11 is 0. The number of ether oxygens (including phenoxy) is 1. The maximum absolute atomic E-state index is 9.22. The summed E-state index contributed by atoms with van der Waals surface area (Å²) in [7, 11) is 1.76. The molecule has 1 rings (SSSR count). The topological polar surface area (TPSA) is 48.3 Å². The Balaban J connectivity index is 2.42. The highest BCUT2D eigenvalue weighted by Gasteiger charge is 2.30. The van der Waals surface area contributed by atoms with Gasteiger partial charge >= 0.3 is 0 Å². The number of nitriles is 1. The van der Waals surface area contributed by atoms with Crippen LogP contribution in [-0.4, -0.2) is 49.8 Å². The molecule has 0 aromatic rings. The summed E-state index contributed by atoms with van der Waals surface area (Å²) in [5.41, 5.74) is -0.432. The van der Waals surface area contributed by atoms with Gasteiger partial charge in [-0.15, -0.1) is 0 Å². The van der Waals surface area contributed by atoms with Crippen LogP contribution < -0.4 is 5.32 Å². The van der Waals surface area contributed by atoms with E-state index >= 15 is 0 Å². The monoisotopic (exact) mass is 225 g/mol. The van der Waals surface area contributed by atoms with E-state index < -0.39 is 5.54 Å². The van der Waals surface area contributed by atoms with Crippen molar-refractivity contribution in [1.29, 1.82) is 5.26 Å². The summed E-state index contributed by atoms with van der Waals surface area (Å²) in [6.07, 6.45) is 2.47. The molecular formula is C12H23N3O. The molecule has 1 fully saturated rings. The van der Waals surface area contributed by atoms with Gasteiger partial charge in [0.25, 0.3) is 0 Å². The summed E-state index contributed by atoms with van der Waals surface area (Å²) in [6, 6.07) is 2.38. The molecule has 0 aromatic carbocycles. The molecule has 0 spiro atoms. The summed E-state index contributed by atoms with van der Waals surface area (Å²) < 4.78 is 5.33. The quantitative estimate of drug-likeness (QED) is 0.732. The zero-order chi connectivity index (χ0) is 12.0. The number of hydrogen-bond donors (Lipinski definition) is 1. The Hall–Kier alpha value is -0.630. The molecule has 1 saturated heterocycles. The highest BCUT2D eigenvalue weighted by atomic mass is 16.5. The standard InChI is InChI=1S/C12H23N3O/c1-4-6-14-12(2,9-13)10-15-7-5-11(8-15)16-3/h11,14H,4-8,10H2,1-3H3. The fourth-order valence-electron chi connectivity index (χ4n) is 2.11. The molecule has 16 heavy (non-hydrogen) atoms. The lowest BCUT2D eigenvalue weighted by molar-refractivity contribution is 0.105. The Labute approximate surface area is 98.6 Å². The van der Waals surface area contributed by atoms with E-state index in [1.165, 1.54) is 0 Å². The minimum absolute atomic E-state index is 0.342. The van der Waals surface area contributed by atoms with Gasteiger partial charge in [0.2, 0.25) is 0 Å². The van der Waals surface area contributed by atoms with Crippen LogP contribution in [0.5, 0.6) is 0 Å². The zero-order valence-electron chi connectivity index (χ0n) is 10.6.